The van der Waals surface area contributed by atoms with Crippen molar-refractivity contribution >= 4 is 0 Å². The molecule has 23 heteroatoms. The third-order valence-corrected chi connectivity index (χ3v) is 11.6. The van der Waals surface area contributed by atoms with Crippen LogP contribution in [0.5, 0.6) is 0 Å². The zero-order chi connectivity index (χ0) is 43.4. The molecule has 57 heavy (non-hydrogen) atoms. The van der Waals surface area contributed by atoms with Gasteiger partial charge in [-0.15, -0.1) is 0 Å². The molecule has 0 aromatic carbocycles. The Morgan fingerprint density at radius 2 is 0.754 bits per heavy atom. The van der Waals surface area contributed by atoms with Crippen molar-refractivity contribution in [1.29, 1.82) is 0 Å². The molecule has 0 amide bonds. The molecule has 0 aromatic heterocycles. The number of allylic oxidation sites excluding steroid dienone is 5. The number of rotatable bonds is 9. The molecule has 6 aliphatic rings. The molecule has 0 spiro atoms. The van der Waals surface area contributed by atoms with Crippen molar-refractivity contribution in [3.8, 4) is 0 Å². The largest absolute Gasteiger partial charge is 0.428 e. The van der Waals surface area contributed by atoms with Crippen LogP contribution in [-0.4, -0.2) is 95.1 Å². The molecule has 0 saturated heterocycles. The quantitative estimate of drug-likeness (QED) is 0.159. The van der Waals surface area contributed by atoms with E-state index < -0.39 is 85.5 Å². The summed E-state index contributed by atoms with van der Waals surface area (Å²) in [4.78, 5) is 0. The van der Waals surface area contributed by atoms with E-state index in [2.05, 4.69) is 4.74 Å². The second-order valence-electron chi connectivity index (χ2n) is 15.5. The van der Waals surface area contributed by atoms with Crippen LogP contribution >= 0.6 is 0 Å². The molecule has 6 rings (SSSR count). The molecule has 0 heterocycles. The molecular formula is C34H38F18O5. The van der Waals surface area contributed by atoms with Crippen molar-refractivity contribution in [2.24, 2.45) is 47.3 Å². The van der Waals surface area contributed by atoms with Crippen LogP contribution in [0.3, 0.4) is 0 Å². The summed E-state index contributed by atoms with van der Waals surface area (Å²) in [6.45, 7) is -3.85. The average molecular weight is 869 g/mol. The summed E-state index contributed by atoms with van der Waals surface area (Å²) in [5.74, 6) is -0.543. The highest BCUT2D eigenvalue weighted by Gasteiger charge is 2.73. The molecule has 3 saturated carbocycles. The summed E-state index contributed by atoms with van der Waals surface area (Å²) in [6.07, 6.45) is -22.1. The van der Waals surface area contributed by atoms with Gasteiger partial charge < -0.3 is 24.8 Å². The SMILES string of the molecule is OC(CC1CC2C=CC1C2)(C(F)(F)F)C(F)(F)F.OC(COC1CC2C=CC1C2)(C(F)(F)F)C(F)(F)F.OC(COCC1CC2C=CC1C2)(C(F)(F)F)C(F)(F)F. The van der Waals surface area contributed by atoms with Gasteiger partial charge in [-0.1, -0.05) is 36.5 Å². The Bertz CT molecular complexity index is 1410. The lowest BCUT2D eigenvalue weighted by Crippen LogP contribution is -2.60. The molecule has 6 bridgehead atoms. The van der Waals surface area contributed by atoms with Crippen LogP contribution in [-0.2, 0) is 9.47 Å². The predicted molar refractivity (Wildman–Crippen MR) is 159 cm³/mol. The first-order chi connectivity index (χ1) is 25.6. The summed E-state index contributed by atoms with van der Waals surface area (Å²) in [5, 5.41) is 26.9. The number of hydrogen-bond acceptors (Lipinski definition) is 5. The van der Waals surface area contributed by atoms with Crippen molar-refractivity contribution in [3.63, 3.8) is 0 Å². The summed E-state index contributed by atoms with van der Waals surface area (Å²) >= 11 is 0. The molecule has 9 unspecified atom stereocenters. The second kappa shape index (κ2) is 16.0. The number of aliphatic hydroxyl groups is 3. The lowest BCUT2D eigenvalue weighted by Gasteiger charge is -2.35. The van der Waals surface area contributed by atoms with Gasteiger partial charge in [0.2, 0.25) is 0 Å². The van der Waals surface area contributed by atoms with E-state index in [1.54, 1.807) is 12.2 Å². The maximum atomic E-state index is 12.5. The van der Waals surface area contributed by atoms with E-state index in [9.17, 15) is 79.0 Å². The molecule has 330 valence electrons. The van der Waals surface area contributed by atoms with Crippen LogP contribution in [0.1, 0.15) is 44.9 Å². The fourth-order valence-corrected chi connectivity index (χ4v) is 8.14. The van der Waals surface area contributed by atoms with Gasteiger partial charge in [-0.05, 0) is 86.4 Å². The van der Waals surface area contributed by atoms with Gasteiger partial charge in [0.1, 0.15) is 0 Å². The van der Waals surface area contributed by atoms with Gasteiger partial charge in [0.15, 0.2) is 0 Å². The van der Waals surface area contributed by atoms with E-state index in [-0.39, 0.29) is 48.5 Å². The maximum Gasteiger partial charge on any atom is 0.428 e. The van der Waals surface area contributed by atoms with Crippen LogP contribution in [0.15, 0.2) is 36.5 Å². The Balaban J connectivity index is 0.000000190. The minimum Gasteiger partial charge on any atom is -0.377 e. The molecule has 5 nitrogen and oxygen atoms in total. The van der Waals surface area contributed by atoms with Crippen molar-refractivity contribution in [2.75, 3.05) is 19.8 Å². The first-order valence-corrected chi connectivity index (χ1v) is 17.5. The highest BCUT2D eigenvalue weighted by atomic mass is 19.4. The van der Waals surface area contributed by atoms with Crippen LogP contribution in [0.25, 0.3) is 0 Å². The lowest BCUT2D eigenvalue weighted by molar-refractivity contribution is -0.380. The molecule has 0 aliphatic heterocycles. The first kappa shape index (κ1) is 47.4. The van der Waals surface area contributed by atoms with E-state index in [1.165, 1.54) is 0 Å². The van der Waals surface area contributed by atoms with Gasteiger partial charge in [-0.2, -0.15) is 79.0 Å². The van der Waals surface area contributed by atoms with Crippen molar-refractivity contribution in [3.05, 3.63) is 36.5 Å². The number of alkyl halides is 18. The van der Waals surface area contributed by atoms with Gasteiger partial charge >= 0.3 is 37.1 Å². The Morgan fingerprint density at radius 3 is 1.07 bits per heavy atom. The van der Waals surface area contributed by atoms with Crippen LogP contribution in [0.4, 0.5) is 79.0 Å². The van der Waals surface area contributed by atoms with E-state index in [1.807, 2.05) is 24.3 Å². The Labute approximate surface area is 312 Å². The summed E-state index contributed by atoms with van der Waals surface area (Å²) in [7, 11) is 0. The van der Waals surface area contributed by atoms with Gasteiger partial charge in [-0.25, -0.2) is 0 Å². The minimum atomic E-state index is -5.82. The van der Waals surface area contributed by atoms with E-state index in [4.69, 9.17) is 20.1 Å². The standard InChI is InChI=1S/C12H14F6O2.C11H12F6O2.C11H12F6O/c13-11(14,15)10(19,12(16,17)18)6-20-5-9-4-7-1-2-8(9)3-7;12-10(13,14)9(18,11(15,16)17)5-19-8-4-6-1-2-7(8)3-6;12-10(13,14)9(18,11(15,16)17)5-8-4-6-1-2-7(8)3-6/h1-2,7-9,19H,3-6H2;1-2,6-8,18H,3-5H2;1-2,6-8,18H,3-5H2. The zero-order valence-electron chi connectivity index (χ0n) is 29.2. The summed E-state index contributed by atoms with van der Waals surface area (Å²) < 4.78 is 233. The normalized spacial score (nSPS) is 31.2. The van der Waals surface area contributed by atoms with Gasteiger partial charge in [-0.3, -0.25) is 0 Å². The zero-order valence-corrected chi connectivity index (χ0v) is 29.2. The topological polar surface area (TPSA) is 79.2 Å². The molecule has 9 atom stereocenters. The number of ether oxygens (including phenoxy) is 2. The van der Waals surface area contributed by atoms with Crippen LogP contribution < -0.4 is 0 Å². The molecule has 0 radical (unpaired) electrons. The fraction of sp³-hybridized carbons (Fsp3) is 0.824. The minimum absolute atomic E-state index is 0.0608. The highest BCUT2D eigenvalue weighted by molar-refractivity contribution is 5.13. The highest BCUT2D eigenvalue weighted by Crippen LogP contribution is 2.53. The lowest BCUT2D eigenvalue weighted by atomic mass is 9.82. The fourth-order valence-electron chi connectivity index (χ4n) is 8.14. The number of fused-ring (bicyclic) bond motifs is 6. The Hall–Kier alpha value is -2.24. The summed E-state index contributed by atoms with van der Waals surface area (Å²) in [5.41, 5.74) is -14.2. The second-order valence-corrected chi connectivity index (χ2v) is 15.5. The monoisotopic (exact) mass is 868 g/mol. The first-order valence-electron chi connectivity index (χ1n) is 17.5. The van der Waals surface area contributed by atoms with Crippen molar-refractivity contribution < 1.29 is 104 Å². The van der Waals surface area contributed by atoms with Crippen LogP contribution in [0, 0.1) is 47.3 Å². The Morgan fingerprint density at radius 1 is 0.404 bits per heavy atom. The van der Waals surface area contributed by atoms with Crippen LogP contribution in [0.2, 0.25) is 0 Å². The number of halogens is 18. The average Bonchev–Trinajstić information content (AvgIpc) is 3.90. The Kier molecular flexibility index (Phi) is 13.3. The summed E-state index contributed by atoms with van der Waals surface area (Å²) in [6, 6.07) is 0. The van der Waals surface area contributed by atoms with Gasteiger partial charge in [0.05, 0.1) is 25.9 Å². The van der Waals surface area contributed by atoms with Gasteiger partial charge in [0, 0.05) is 5.92 Å². The molecule has 0 aromatic rings. The molecular weight excluding hydrogens is 830 g/mol. The molecule has 6 aliphatic carbocycles. The smallest absolute Gasteiger partial charge is 0.377 e. The van der Waals surface area contributed by atoms with E-state index in [0.717, 1.165) is 6.42 Å². The van der Waals surface area contributed by atoms with Crippen molar-refractivity contribution in [1.82, 2.24) is 0 Å². The number of hydrogen-bond donors (Lipinski definition) is 3. The maximum absolute atomic E-state index is 12.5. The molecule has 3 N–H and O–H groups in total. The van der Waals surface area contributed by atoms with E-state index in [0.29, 0.717) is 31.6 Å². The molecule has 3 fully saturated rings. The van der Waals surface area contributed by atoms with Crippen molar-refractivity contribution in [2.45, 2.75) is 105 Å². The third kappa shape index (κ3) is 9.88. The predicted octanol–water partition coefficient (Wildman–Crippen LogP) is 9.34. The van der Waals surface area contributed by atoms with E-state index >= 15 is 0 Å². The third-order valence-electron chi connectivity index (χ3n) is 11.6. The van der Waals surface area contributed by atoms with Gasteiger partial charge in [0.25, 0.3) is 16.8 Å².